The molecule has 3 N–H and O–H groups in total. The van der Waals surface area contributed by atoms with Crippen LogP contribution in [0.4, 0.5) is 10.5 Å². The first-order valence-electron chi connectivity index (χ1n) is 7.98. The van der Waals surface area contributed by atoms with Crippen LogP contribution in [0.3, 0.4) is 0 Å². The highest BCUT2D eigenvalue weighted by Crippen LogP contribution is 2.27. The number of rotatable bonds is 4. The van der Waals surface area contributed by atoms with Gasteiger partial charge in [-0.2, -0.15) is 0 Å². The highest BCUT2D eigenvalue weighted by molar-refractivity contribution is 7.14. The molecule has 1 aromatic heterocycles. The van der Waals surface area contributed by atoms with Gasteiger partial charge in [0, 0.05) is 10.6 Å². The Morgan fingerprint density at radius 2 is 2.04 bits per heavy atom. The van der Waals surface area contributed by atoms with Crippen molar-refractivity contribution in [1.29, 1.82) is 0 Å². The molecule has 0 aliphatic carbocycles. The first-order valence-corrected chi connectivity index (χ1v) is 8.80. The van der Waals surface area contributed by atoms with Crippen molar-refractivity contribution in [3.05, 3.63) is 51.2 Å². The standard InChI is InChI=1S/C18H19N3O3S/c1-4-13-10(2)8-14(25-13)15(22)19-12-7-5-6-11(9-12)18(3)16(23)20-17(24)21-18/h5-9H,4H2,1-3H3,(H,19,22)(H2,20,21,23,24). The topological polar surface area (TPSA) is 87.3 Å². The molecule has 4 amide bonds. The van der Waals surface area contributed by atoms with Crippen LogP contribution < -0.4 is 16.0 Å². The summed E-state index contributed by atoms with van der Waals surface area (Å²) >= 11 is 1.48. The molecule has 1 saturated heterocycles. The molecule has 1 aliphatic rings. The molecule has 1 atom stereocenters. The van der Waals surface area contributed by atoms with Crippen LogP contribution >= 0.6 is 11.3 Å². The summed E-state index contributed by atoms with van der Waals surface area (Å²) in [5.74, 6) is -0.600. The molecule has 7 heteroatoms. The highest BCUT2D eigenvalue weighted by atomic mass is 32.1. The van der Waals surface area contributed by atoms with Gasteiger partial charge in [0.25, 0.3) is 11.8 Å². The van der Waals surface area contributed by atoms with Crippen molar-refractivity contribution in [1.82, 2.24) is 10.6 Å². The maximum absolute atomic E-state index is 12.5. The Morgan fingerprint density at radius 3 is 2.64 bits per heavy atom. The lowest BCUT2D eigenvalue weighted by atomic mass is 9.92. The van der Waals surface area contributed by atoms with E-state index in [1.54, 1.807) is 31.2 Å². The maximum Gasteiger partial charge on any atom is 0.322 e. The first kappa shape index (κ1) is 17.2. The molecule has 1 aromatic carbocycles. The number of hydrogen-bond acceptors (Lipinski definition) is 4. The molecule has 0 radical (unpaired) electrons. The second-order valence-electron chi connectivity index (χ2n) is 6.14. The molecule has 1 unspecified atom stereocenters. The highest BCUT2D eigenvalue weighted by Gasteiger charge is 2.43. The summed E-state index contributed by atoms with van der Waals surface area (Å²) < 4.78 is 0. The smallest absolute Gasteiger partial charge is 0.321 e. The van der Waals surface area contributed by atoms with E-state index in [0.717, 1.165) is 12.0 Å². The van der Waals surface area contributed by atoms with Crippen LogP contribution in [0, 0.1) is 6.92 Å². The van der Waals surface area contributed by atoms with Crippen LogP contribution in [0.15, 0.2) is 30.3 Å². The van der Waals surface area contributed by atoms with E-state index in [0.29, 0.717) is 16.1 Å². The minimum absolute atomic E-state index is 0.185. The van der Waals surface area contributed by atoms with Gasteiger partial charge in [-0.1, -0.05) is 19.1 Å². The third-order valence-electron chi connectivity index (χ3n) is 4.31. The van der Waals surface area contributed by atoms with E-state index in [2.05, 4.69) is 22.9 Å². The Hall–Kier alpha value is -2.67. The zero-order valence-corrected chi connectivity index (χ0v) is 15.0. The summed E-state index contributed by atoms with van der Waals surface area (Å²) in [4.78, 5) is 37.8. The molecule has 0 saturated carbocycles. The van der Waals surface area contributed by atoms with Crippen LogP contribution in [-0.2, 0) is 16.8 Å². The van der Waals surface area contributed by atoms with Crippen molar-refractivity contribution in [2.75, 3.05) is 5.32 Å². The largest absolute Gasteiger partial charge is 0.322 e. The van der Waals surface area contributed by atoms with Gasteiger partial charge in [-0.15, -0.1) is 11.3 Å². The van der Waals surface area contributed by atoms with Gasteiger partial charge in [0.15, 0.2) is 0 Å². The molecular formula is C18H19N3O3S. The summed E-state index contributed by atoms with van der Waals surface area (Å²) in [5.41, 5.74) is 1.14. The van der Waals surface area contributed by atoms with E-state index in [9.17, 15) is 14.4 Å². The van der Waals surface area contributed by atoms with E-state index >= 15 is 0 Å². The minimum atomic E-state index is -1.15. The van der Waals surface area contributed by atoms with Crippen LogP contribution in [-0.4, -0.2) is 17.8 Å². The zero-order chi connectivity index (χ0) is 18.2. The summed E-state index contributed by atoms with van der Waals surface area (Å²) in [6.07, 6.45) is 0.895. The van der Waals surface area contributed by atoms with Crippen LogP contribution in [0.5, 0.6) is 0 Å². The van der Waals surface area contributed by atoms with Crippen LogP contribution in [0.25, 0.3) is 0 Å². The molecule has 1 fully saturated rings. The number of carbonyl (C=O) groups excluding carboxylic acids is 3. The number of anilines is 1. The second-order valence-corrected chi connectivity index (χ2v) is 7.28. The van der Waals surface area contributed by atoms with E-state index in [1.807, 2.05) is 13.0 Å². The molecule has 0 spiro atoms. The van der Waals surface area contributed by atoms with Gasteiger partial charge in [0.05, 0.1) is 4.88 Å². The monoisotopic (exact) mass is 357 g/mol. The predicted octanol–water partition coefficient (Wildman–Crippen LogP) is 2.93. The Kier molecular flexibility index (Phi) is 4.34. The quantitative estimate of drug-likeness (QED) is 0.735. The van der Waals surface area contributed by atoms with E-state index in [1.165, 1.54) is 16.2 Å². The minimum Gasteiger partial charge on any atom is -0.321 e. The number of amides is 4. The van der Waals surface area contributed by atoms with E-state index < -0.39 is 17.5 Å². The Labute approximate surface area is 149 Å². The normalized spacial score (nSPS) is 19.5. The zero-order valence-electron chi connectivity index (χ0n) is 14.2. The van der Waals surface area contributed by atoms with Crippen molar-refractivity contribution < 1.29 is 14.4 Å². The lowest BCUT2D eigenvalue weighted by Crippen LogP contribution is -2.40. The van der Waals surface area contributed by atoms with Gasteiger partial charge >= 0.3 is 6.03 Å². The van der Waals surface area contributed by atoms with Crippen molar-refractivity contribution in [3.8, 4) is 0 Å². The fourth-order valence-electron chi connectivity index (χ4n) is 2.83. The average molecular weight is 357 g/mol. The average Bonchev–Trinajstić information content (AvgIpc) is 3.07. The molecule has 25 heavy (non-hydrogen) atoms. The molecule has 3 rings (SSSR count). The molecule has 130 valence electrons. The summed E-state index contributed by atoms with van der Waals surface area (Å²) in [6, 6.07) is 8.29. The van der Waals surface area contributed by atoms with Crippen molar-refractivity contribution in [2.24, 2.45) is 0 Å². The Morgan fingerprint density at radius 1 is 1.28 bits per heavy atom. The first-order chi connectivity index (χ1) is 11.8. The second kappa shape index (κ2) is 6.33. The number of carbonyl (C=O) groups is 3. The molecule has 1 aliphatic heterocycles. The van der Waals surface area contributed by atoms with Crippen LogP contribution in [0.2, 0.25) is 0 Å². The maximum atomic E-state index is 12.5. The van der Waals surface area contributed by atoms with Crippen molar-refractivity contribution >= 4 is 34.9 Å². The Bertz CT molecular complexity index is 874. The third-order valence-corrected chi connectivity index (χ3v) is 5.69. The Balaban J connectivity index is 1.83. The molecular weight excluding hydrogens is 338 g/mol. The van der Waals surface area contributed by atoms with Gasteiger partial charge in [0.1, 0.15) is 5.54 Å². The van der Waals surface area contributed by atoms with Gasteiger partial charge in [0.2, 0.25) is 0 Å². The van der Waals surface area contributed by atoms with E-state index in [4.69, 9.17) is 0 Å². The summed E-state index contributed by atoms with van der Waals surface area (Å²) in [7, 11) is 0. The lowest BCUT2D eigenvalue weighted by molar-refractivity contribution is -0.123. The van der Waals surface area contributed by atoms with Gasteiger partial charge in [-0.05, 0) is 49.6 Å². The third kappa shape index (κ3) is 3.15. The number of urea groups is 1. The molecule has 6 nitrogen and oxygen atoms in total. The fourth-order valence-corrected chi connectivity index (χ4v) is 3.84. The fraction of sp³-hybridized carbons (Fsp3) is 0.278. The van der Waals surface area contributed by atoms with Gasteiger partial charge < -0.3 is 10.6 Å². The lowest BCUT2D eigenvalue weighted by Gasteiger charge is -2.21. The SMILES string of the molecule is CCc1sc(C(=O)Nc2cccc(C3(C)NC(=O)NC3=O)c2)cc1C. The number of benzene rings is 1. The molecule has 2 heterocycles. The predicted molar refractivity (Wildman–Crippen MR) is 96.9 cm³/mol. The number of thiophene rings is 1. The van der Waals surface area contributed by atoms with E-state index in [-0.39, 0.29) is 5.91 Å². The van der Waals surface area contributed by atoms with Crippen molar-refractivity contribution in [3.63, 3.8) is 0 Å². The molecule has 0 bridgehead atoms. The number of aryl methyl sites for hydroxylation is 2. The summed E-state index contributed by atoms with van der Waals surface area (Å²) in [5, 5.41) is 7.71. The summed E-state index contributed by atoms with van der Waals surface area (Å²) in [6.45, 7) is 5.69. The number of hydrogen-bond donors (Lipinski definition) is 3. The van der Waals surface area contributed by atoms with Crippen LogP contribution in [0.1, 0.15) is 39.5 Å². The number of nitrogens with one attached hydrogen (secondary N) is 3. The van der Waals surface area contributed by atoms with Crippen molar-refractivity contribution in [2.45, 2.75) is 32.7 Å². The van der Waals surface area contributed by atoms with Gasteiger partial charge in [-0.25, -0.2) is 4.79 Å². The number of imide groups is 1. The van der Waals surface area contributed by atoms with Gasteiger partial charge in [-0.3, -0.25) is 14.9 Å². The molecule has 2 aromatic rings.